The van der Waals surface area contributed by atoms with E-state index in [0.29, 0.717) is 12.2 Å². The lowest BCUT2D eigenvalue weighted by molar-refractivity contribution is 0.570. The molecule has 0 bridgehead atoms. The van der Waals surface area contributed by atoms with Crippen molar-refractivity contribution in [2.24, 2.45) is 0 Å². The maximum absolute atomic E-state index is 12.9. The van der Waals surface area contributed by atoms with Crippen LogP contribution in [0.3, 0.4) is 0 Å². The predicted octanol–water partition coefficient (Wildman–Crippen LogP) is 4.07. The highest BCUT2D eigenvalue weighted by atomic mass is 19.1. The first-order chi connectivity index (χ1) is 9.33. The Hall–Kier alpha value is -2.42. The van der Waals surface area contributed by atoms with Gasteiger partial charge >= 0.3 is 0 Å². The molecule has 0 fully saturated rings. The van der Waals surface area contributed by atoms with Crippen molar-refractivity contribution >= 4 is 0 Å². The molecule has 0 aliphatic heterocycles. The molecule has 19 heavy (non-hydrogen) atoms. The van der Waals surface area contributed by atoms with Gasteiger partial charge in [0.25, 0.3) is 0 Å². The lowest BCUT2D eigenvalue weighted by atomic mass is 10.1. The Morgan fingerprint density at radius 2 is 1.68 bits per heavy atom. The molecule has 0 N–H and O–H groups in total. The fourth-order valence-corrected chi connectivity index (χ4v) is 2.02. The van der Waals surface area contributed by atoms with Crippen molar-refractivity contribution in [2.75, 3.05) is 0 Å². The third-order valence-corrected chi connectivity index (χ3v) is 2.96. The minimum Gasteiger partial charge on any atom is -0.443 e. The minimum absolute atomic E-state index is 0.257. The van der Waals surface area contributed by atoms with Gasteiger partial charge in [-0.15, -0.1) is 0 Å². The monoisotopic (exact) mass is 253 g/mol. The van der Waals surface area contributed by atoms with Crippen LogP contribution in [-0.4, -0.2) is 4.98 Å². The minimum atomic E-state index is -0.257. The number of nitrogens with zero attached hydrogens (tertiary/aromatic N) is 1. The number of hydrogen-bond acceptors (Lipinski definition) is 2. The third-order valence-electron chi connectivity index (χ3n) is 2.96. The van der Waals surface area contributed by atoms with Crippen LogP contribution >= 0.6 is 0 Å². The van der Waals surface area contributed by atoms with Gasteiger partial charge in [0.1, 0.15) is 5.82 Å². The summed E-state index contributed by atoms with van der Waals surface area (Å²) in [5.74, 6) is 0.441. The summed E-state index contributed by atoms with van der Waals surface area (Å²) >= 11 is 0. The molecule has 0 saturated heterocycles. The summed E-state index contributed by atoms with van der Waals surface area (Å²) in [5.41, 5.74) is 2.86. The van der Waals surface area contributed by atoms with E-state index in [-0.39, 0.29) is 5.82 Å². The van der Waals surface area contributed by atoms with Gasteiger partial charge in [0.05, 0.1) is 5.69 Å². The van der Waals surface area contributed by atoms with E-state index in [0.717, 1.165) is 11.3 Å². The average molecular weight is 253 g/mol. The Kier molecular flexibility index (Phi) is 3.11. The molecule has 0 unspecified atom stereocenters. The van der Waals surface area contributed by atoms with Gasteiger partial charge in [0.15, 0.2) is 12.2 Å². The number of aromatic nitrogens is 1. The fourth-order valence-electron chi connectivity index (χ4n) is 2.02. The van der Waals surface area contributed by atoms with E-state index in [9.17, 15) is 4.39 Å². The first-order valence-corrected chi connectivity index (χ1v) is 6.05. The van der Waals surface area contributed by atoms with E-state index < -0.39 is 0 Å². The average Bonchev–Trinajstić information content (AvgIpc) is 2.89. The summed E-state index contributed by atoms with van der Waals surface area (Å²) in [6, 6.07) is 16.3. The molecule has 1 heterocycles. The number of hydrogen-bond donors (Lipinski definition) is 0. The summed E-state index contributed by atoms with van der Waals surface area (Å²) in [7, 11) is 0. The molecule has 94 valence electrons. The van der Waals surface area contributed by atoms with Gasteiger partial charge in [-0.1, -0.05) is 30.3 Å². The molecular weight excluding hydrogens is 241 g/mol. The molecule has 1 aromatic heterocycles. The van der Waals surface area contributed by atoms with Crippen LogP contribution in [0.5, 0.6) is 0 Å². The zero-order valence-corrected chi connectivity index (χ0v) is 10.2. The summed E-state index contributed by atoms with van der Waals surface area (Å²) < 4.78 is 18.4. The van der Waals surface area contributed by atoms with Crippen molar-refractivity contribution in [3.63, 3.8) is 0 Å². The van der Waals surface area contributed by atoms with E-state index in [2.05, 4.69) is 4.98 Å². The van der Waals surface area contributed by atoms with Crippen LogP contribution in [0.1, 0.15) is 11.3 Å². The van der Waals surface area contributed by atoms with Crippen LogP contribution in [0.15, 0.2) is 65.4 Å². The maximum atomic E-state index is 12.9. The van der Waals surface area contributed by atoms with Gasteiger partial charge < -0.3 is 4.42 Å². The molecule has 3 heteroatoms. The number of rotatable bonds is 3. The van der Waals surface area contributed by atoms with Crippen LogP contribution in [0.2, 0.25) is 0 Å². The Bertz CT molecular complexity index is 659. The number of halogens is 1. The molecule has 0 aliphatic carbocycles. The van der Waals surface area contributed by atoms with Crippen LogP contribution in [-0.2, 0) is 6.42 Å². The van der Waals surface area contributed by atoms with E-state index in [1.807, 2.05) is 30.3 Å². The van der Waals surface area contributed by atoms with Gasteiger partial charge in [-0.25, -0.2) is 9.37 Å². The van der Waals surface area contributed by atoms with Crippen LogP contribution < -0.4 is 0 Å². The normalized spacial score (nSPS) is 10.6. The molecule has 0 amide bonds. The zero-order valence-electron chi connectivity index (χ0n) is 10.2. The van der Waals surface area contributed by atoms with Crippen LogP contribution in [0.4, 0.5) is 4.39 Å². The van der Waals surface area contributed by atoms with Crippen molar-refractivity contribution in [3.8, 4) is 11.3 Å². The van der Waals surface area contributed by atoms with Gasteiger partial charge in [-0.05, 0) is 29.8 Å². The molecule has 0 aliphatic rings. The zero-order chi connectivity index (χ0) is 13.1. The molecule has 0 radical (unpaired) electrons. The first-order valence-electron chi connectivity index (χ1n) is 6.05. The smallest absolute Gasteiger partial charge is 0.181 e. The van der Waals surface area contributed by atoms with Gasteiger partial charge in [-0.2, -0.15) is 0 Å². The highest BCUT2D eigenvalue weighted by molar-refractivity contribution is 5.60. The second-order valence-corrected chi connectivity index (χ2v) is 4.30. The van der Waals surface area contributed by atoms with E-state index in [1.165, 1.54) is 24.1 Å². The standard InChI is InChI=1S/C16H12FNO/c17-14-8-6-13(7-9-14)16-15(18-11-19-16)10-12-4-2-1-3-5-12/h1-9,11H,10H2. The SMILES string of the molecule is Fc1ccc(-c2ocnc2Cc2ccccc2)cc1. The second-order valence-electron chi connectivity index (χ2n) is 4.30. The van der Waals surface area contributed by atoms with Gasteiger partial charge in [0, 0.05) is 12.0 Å². The van der Waals surface area contributed by atoms with Crippen molar-refractivity contribution in [3.05, 3.63) is 78.1 Å². The summed E-state index contributed by atoms with van der Waals surface area (Å²) in [6.45, 7) is 0. The molecule has 2 nitrogen and oxygen atoms in total. The van der Waals surface area contributed by atoms with Crippen molar-refractivity contribution < 1.29 is 8.81 Å². The maximum Gasteiger partial charge on any atom is 0.181 e. The van der Waals surface area contributed by atoms with Gasteiger partial charge in [0.2, 0.25) is 0 Å². The second kappa shape index (κ2) is 5.06. The largest absolute Gasteiger partial charge is 0.443 e. The molecule has 0 atom stereocenters. The van der Waals surface area contributed by atoms with Gasteiger partial charge in [-0.3, -0.25) is 0 Å². The fraction of sp³-hybridized carbons (Fsp3) is 0.0625. The molecule has 3 rings (SSSR count). The molecule has 0 saturated carbocycles. The van der Waals surface area contributed by atoms with Crippen LogP contribution in [0.25, 0.3) is 11.3 Å². The predicted molar refractivity (Wildman–Crippen MR) is 71.1 cm³/mol. The highest BCUT2D eigenvalue weighted by Gasteiger charge is 2.11. The Balaban J connectivity index is 1.92. The van der Waals surface area contributed by atoms with E-state index in [1.54, 1.807) is 12.1 Å². The molecule has 3 aromatic rings. The van der Waals surface area contributed by atoms with Crippen molar-refractivity contribution in [1.29, 1.82) is 0 Å². The summed E-state index contributed by atoms with van der Waals surface area (Å²) in [4.78, 5) is 4.25. The van der Waals surface area contributed by atoms with Crippen molar-refractivity contribution in [1.82, 2.24) is 4.98 Å². The Morgan fingerprint density at radius 3 is 2.42 bits per heavy atom. The Morgan fingerprint density at radius 1 is 0.947 bits per heavy atom. The Labute approximate surface area is 110 Å². The highest BCUT2D eigenvalue weighted by Crippen LogP contribution is 2.25. The summed E-state index contributed by atoms with van der Waals surface area (Å²) in [6.07, 6.45) is 2.13. The number of benzene rings is 2. The lowest BCUT2D eigenvalue weighted by Gasteiger charge is -2.02. The lowest BCUT2D eigenvalue weighted by Crippen LogP contribution is -1.90. The van der Waals surface area contributed by atoms with Crippen molar-refractivity contribution in [2.45, 2.75) is 6.42 Å². The van der Waals surface area contributed by atoms with E-state index in [4.69, 9.17) is 4.42 Å². The first kappa shape index (κ1) is 11.7. The topological polar surface area (TPSA) is 26.0 Å². The molecular formula is C16H12FNO. The van der Waals surface area contributed by atoms with E-state index >= 15 is 0 Å². The quantitative estimate of drug-likeness (QED) is 0.703. The number of oxazole rings is 1. The summed E-state index contributed by atoms with van der Waals surface area (Å²) in [5, 5.41) is 0. The third kappa shape index (κ3) is 2.55. The molecule has 0 spiro atoms. The van der Waals surface area contributed by atoms with Crippen LogP contribution in [0, 0.1) is 5.82 Å². The molecule has 2 aromatic carbocycles.